The smallest absolute Gasteiger partial charge is 0.338 e. The summed E-state index contributed by atoms with van der Waals surface area (Å²) in [5, 5.41) is 0.815. The number of esters is 2. The van der Waals surface area contributed by atoms with E-state index in [0.717, 1.165) is 16.9 Å². The van der Waals surface area contributed by atoms with Gasteiger partial charge in [-0.1, -0.05) is 53.3 Å². The van der Waals surface area contributed by atoms with Crippen molar-refractivity contribution in [2.75, 3.05) is 13.7 Å². The molecule has 12 heteroatoms. The molecule has 4 aromatic rings. The average molecular weight is 640 g/mol. The van der Waals surface area contributed by atoms with Crippen LogP contribution in [0.3, 0.4) is 0 Å². The number of carbonyl (C=O) groups is 2. The third-order valence-corrected chi connectivity index (χ3v) is 8.16. The Morgan fingerprint density at radius 3 is 2.60 bits per heavy atom. The van der Waals surface area contributed by atoms with Crippen LogP contribution in [0.25, 0.3) is 17.4 Å². The summed E-state index contributed by atoms with van der Waals surface area (Å²) in [6.07, 6.45) is 3.06. The molecule has 2 aromatic heterocycles. The van der Waals surface area contributed by atoms with E-state index in [0.29, 0.717) is 42.2 Å². The Morgan fingerprint density at radius 2 is 1.91 bits per heavy atom. The van der Waals surface area contributed by atoms with Crippen molar-refractivity contribution in [2.45, 2.75) is 19.9 Å². The second kappa shape index (κ2) is 12.5. The highest BCUT2D eigenvalue weighted by atomic mass is 35.5. The molecule has 0 aliphatic carbocycles. The second-order valence-corrected chi connectivity index (χ2v) is 11.1. The van der Waals surface area contributed by atoms with Crippen molar-refractivity contribution in [3.63, 3.8) is 0 Å². The van der Waals surface area contributed by atoms with E-state index in [-0.39, 0.29) is 23.7 Å². The predicted molar refractivity (Wildman–Crippen MR) is 163 cm³/mol. The first-order valence-electron chi connectivity index (χ1n) is 12.8. The van der Waals surface area contributed by atoms with Crippen molar-refractivity contribution in [1.29, 1.82) is 0 Å². The van der Waals surface area contributed by atoms with E-state index in [1.165, 1.54) is 24.7 Å². The molecule has 1 atom stereocenters. The van der Waals surface area contributed by atoms with Crippen LogP contribution < -0.4 is 24.4 Å². The summed E-state index contributed by atoms with van der Waals surface area (Å²) in [6.45, 7) is 6.52. The molecule has 0 N–H and O–H groups in total. The molecule has 220 valence electrons. The number of hydrogen-bond acceptors (Lipinski definition) is 9. The van der Waals surface area contributed by atoms with Gasteiger partial charge < -0.3 is 18.6 Å². The summed E-state index contributed by atoms with van der Waals surface area (Å²) < 4.78 is 23.8. The molecule has 0 fully saturated rings. The van der Waals surface area contributed by atoms with Gasteiger partial charge in [-0.05, 0) is 55.0 Å². The van der Waals surface area contributed by atoms with Crippen LogP contribution >= 0.6 is 34.5 Å². The highest BCUT2D eigenvalue weighted by molar-refractivity contribution is 7.07. The van der Waals surface area contributed by atoms with Crippen LogP contribution in [-0.2, 0) is 14.3 Å². The van der Waals surface area contributed by atoms with Gasteiger partial charge in [-0.15, -0.1) is 0 Å². The monoisotopic (exact) mass is 638 g/mol. The van der Waals surface area contributed by atoms with Crippen molar-refractivity contribution in [3.8, 4) is 22.8 Å². The molecule has 0 radical (unpaired) electrons. The minimum Gasteiger partial charge on any atom is -0.493 e. The largest absolute Gasteiger partial charge is 0.493 e. The predicted octanol–water partition coefficient (Wildman–Crippen LogP) is 5.47. The van der Waals surface area contributed by atoms with E-state index in [4.69, 9.17) is 41.8 Å². The van der Waals surface area contributed by atoms with Gasteiger partial charge in [0.25, 0.3) is 5.56 Å². The fourth-order valence-electron chi connectivity index (χ4n) is 4.57. The summed E-state index contributed by atoms with van der Waals surface area (Å²) >= 11 is 13.3. The van der Waals surface area contributed by atoms with E-state index in [9.17, 15) is 14.4 Å². The molecular weight excluding hydrogens is 615 g/mol. The number of carbonyl (C=O) groups excluding carboxylic acids is 2. The normalized spacial score (nSPS) is 14.6. The maximum absolute atomic E-state index is 13.9. The van der Waals surface area contributed by atoms with Crippen molar-refractivity contribution < 1.29 is 28.2 Å². The van der Waals surface area contributed by atoms with Crippen LogP contribution in [0.1, 0.15) is 31.2 Å². The number of allylic oxidation sites excluding steroid dienone is 1. The van der Waals surface area contributed by atoms with Gasteiger partial charge in [-0.2, -0.15) is 0 Å². The topological polar surface area (TPSA) is 109 Å². The molecular formula is C31H24Cl2N2O7S. The molecule has 0 spiro atoms. The number of methoxy groups -OCH3 is 1. The van der Waals surface area contributed by atoms with Gasteiger partial charge in [0.05, 0.1) is 39.0 Å². The SMILES string of the molecule is C=CCOC(=O)C1=C(C)N=c2s/c(=C\c3ccc(-c4ccc(Cl)c(Cl)c4)o3)c(=O)n2C1c1ccc(OC(C)=O)c(OC)c1. The first kappa shape index (κ1) is 30.1. The summed E-state index contributed by atoms with van der Waals surface area (Å²) in [6, 6.07) is 12.5. The number of hydrogen-bond donors (Lipinski definition) is 0. The molecule has 1 aliphatic heterocycles. The molecule has 0 amide bonds. The molecule has 9 nitrogen and oxygen atoms in total. The number of halogens is 2. The lowest BCUT2D eigenvalue weighted by Gasteiger charge is -2.25. The first-order chi connectivity index (χ1) is 20.6. The number of rotatable bonds is 8. The summed E-state index contributed by atoms with van der Waals surface area (Å²) in [5.74, 6) is 0.228. The van der Waals surface area contributed by atoms with E-state index >= 15 is 0 Å². The summed E-state index contributed by atoms with van der Waals surface area (Å²) in [4.78, 5) is 43.8. The molecule has 0 bridgehead atoms. The average Bonchev–Trinajstić information content (AvgIpc) is 3.56. The van der Waals surface area contributed by atoms with Crippen molar-refractivity contribution >= 4 is 52.6 Å². The molecule has 0 saturated carbocycles. The standard InChI is InChI=1S/C31H24Cl2N2O7S/c1-5-12-40-30(38)27-16(2)34-31-35(28(27)19-7-10-24(41-17(3)36)25(14-19)39-4)29(37)26(43-31)15-20-8-11-23(42-20)18-6-9-21(32)22(33)13-18/h5-11,13-15,28H,1,12H2,2-4H3/b26-15-. The zero-order chi connectivity index (χ0) is 30.8. The van der Waals surface area contributed by atoms with E-state index in [2.05, 4.69) is 11.6 Å². The zero-order valence-corrected chi connectivity index (χ0v) is 25.5. The summed E-state index contributed by atoms with van der Waals surface area (Å²) in [5.41, 5.74) is 1.39. The lowest BCUT2D eigenvalue weighted by atomic mass is 9.95. The van der Waals surface area contributed by atoms with Crippen molar-refractivity contribution in [1.82, 2.24) is 4.57 Å². The Labute approximate surface area is 259 Å². The number of fused-ring (bicyclic) bond motifs is 1. The highest BCUT2D eigenvalue weighted by Crippen LogP contribution is 2.36. The highest BCUT2D eigenvalue weighted by Gasteiger charge is 2.34. The van der Waals surface area contributed by atoms with Gasteiger partial charge in [0.2, 0.25) is 0 Å². The van der Waals surface area contributed by atoms with E-state index in [1.807, 2.05) is 0 Å². The first-order valence-corrected chi connectivity index (χ1v) is 14.4. The maximum atomic E-state index is 13.9. The third kappa shape index (κ3) is 6.08. The lowest BCUT2D eigenvalue weighted by molar-refractivity contribution is -0.138. The Kier molecular flexibility index (Phi) is 8.72. The van der Waals surface area contributed by atoms with Crippen molar-refractivity contribution in [3.05, 3.63) is 114 Å². The van der Waals surface area contributed by atoms with Gasteiger partial charge >= 0.3 is 11.9 Å². The number of thiazole rings is 1. The fraction of sp³-hybridized carbons (Fsp3) is 0.161. The molecule has 2 aromatic carbocycles. The van der Waals surface area contributed by atoms with Crippen LogP contribution in [0.5, 0.6) is 11.5 Å². The second-order valence-electron chi connectivity index (χ2n) is 9.30. The van der Waals surface area contributed by atoms with Crippen LogP contribution in [0.15, 0.2) is 86.7 Å². The number of furan rings is 1. The van der Waals surface area contributed by atoms with Gasteiger partial charge in [0.15, 0.2) is 16.3 Å². The van der Waals surface area contributed by atoms with Crippen LogP contribution in [0, 0.1) is 0 Å². The molecule has 1 aliphatic rings. The van der Waals surface area contributed by atoms with E-state index in [1.54, 1.807) is 61.5 Å². The summed E-state index contributed by atoms with van der Waals surface area (Å²) in [7, 11) is 1.42. The molecule has 5 rings (SSSR count). The molecule has 0 saturated heterocycles. The van der Waals surface area contributed by atoms with E-state index < -0.39 is 23.5 Å². The third-order valence-electron chi connectivity index (χ3n) is 6.44. The number of ether oxygens (including phenoxy) is 3. The quantitative estimate of drug-likeness (QED) is 0.143. The Balaban J connectivity index is 1.64. The maximum Gasteiger partial charge on any atom is 0.338 e. The molecule has 1 unspecified atom stereocenters. The Morgan fingerprint density at radius 1 is 1.12 bits per heavy atom. The van der Waals surface area contributed by atoms with Crippen LogP contribution in [-0.4, -0.2) is 30.2 Å². The van der Waals surface area contributed by atoms with Crippen LogP contribution in [0.4, 0.5) is 0 Å². The zero-order valence-electron chi connectivity index (χ0n) is 23.2. The Bertz CT molecular complexity index is 1990. The fourth-order valence-corrected chi connectivity index (χ4v) is 5.89. The number of nitrogens with zero attached hydrogens (tertiary/aromatic N) is 2. The lowest BCUT2D eigenvalue weighted by Crippen LogP contribution is -2.40. The van der Waals surface area contributed by atoms with Gasteiger partial charge in [0.1, 0.15) is 18.1 Å². The number of aromatic nitrogens is 1. The minimum absolute atomic E-state index is 0.0267. The van der Waals surface area contributed by atoms with Crippen molar-refractivity contribution in [2.24, 2.45) is 4.99 Å². The molecule has 3 heterocycles. The van der Waals surface area contributed by atoms with Gasteiger partial charge in [-0.25, -0.2) is 9.79 Å². The molecule has 43 heavy (non-hydrogen) atoms. The number of benzene rings is 2. The minimum atomic E-state index is -0.917. The van der Waals surface area contributed by atoms with Gasteiger partial charge in [0, 0.05) is 18.6 Å². The van der Waals surface area contributed by atoms with Crippen LogP contribution in [0.2, 0.25) is 10.0 Å². The Hall–Kier alpha value is -4.38. The van der Waals surface area contributed by atoms with Gasteiger partial charge in [-0.3, -0.25) is 14.2 Å².